The van der Waals surface area contributed by atoms with Crippen LogP contribution in [0.15, 0.2) is 0 Å². The van der Waals surface area contributed by atoms with Crippen LogP contribution in [0.3, 0.4) is 0 Å². The Morgan fingerprint density at radius 2 is 1.94 bits per heavy atom. The van der Waals surface area contributed by atoms with Gasteiger partial charge in [0.25, 0.3) is 0 Å². The molecule has 16 heavy (non-hydrogen) atoms. The van der Waals surface area contributed by atoms with Crippen molar-refractivity contribution in [3.05, 3.63) is 0 Å². The number of sulfonamides is 1. The van der Waals surface area contributed by atoms with Crippen molar-refractivity contribution in [1.29, 1.82) is 0 Å². The molecule has 4 nitrogen and oxygen atoms in total. The van der Waals surface area contributed by atoms with E-state index in [0.29, 0.717) is 12.6 Å². The third-order valence-corrected chi connectivity index (χ3v) is 4.29. The molecular formula is C11H24N2O2S. The minimum Gasteiger partial charge on any atom is -0.313 e. The lowest BCUT2D eigenvalue weighted by atomic mass is 10.0. The van der Waals surface area contributed by atoms with Crippen LogP contribution in [-0.2, 0) is 10.0 Å². The van der Waals surface area contributed by atoms with E-state index in [0.717, 1.165) is 12.8 Å². The third-order valence-electron chi connectivity index (χ3n) is 2.69. The van der Waals surface area contributed by atoms with Gasteiger partial charge >= 0.3 is 0 Å². The molecule has 1 aliphatic carbocycles. The largest absolute Gasteiger partial charge is 0.313 e. The van der Waals surface area contributed by atoms with Crippen LogP contribution in [-0.4, -0.2) is 32.3 Å². The molecule has 0 bridgehead atoms. The van der Waals surface area contributed by atoms with Gasteiger partial charge in [-0.2, -0.15) is 0 Å². The van der Waals surface area contributed by atoms with Gasteiger partial charge in [0.1, 0.15) is 0 Å². The Labute approximate surface area is 99.2 Å². The fraction of sp³-hybridized carbons (Fsp3) is 1.00. The highest BCUT2D eigenvalue weighted by molar-refractivity contribution is 7.89. The summed E-state index contributed by atoms with van der Waals surface area (Å²) in [7, 11) is -3.14. The number of nitrogens with one attached hydrogen (secondary N) is 2. The maximum absolute atomic E-state index is 11.8. The summed E-state index contributed by atoms with van der Waals surface area (Å²) in [6, 6.07) is 0.568. The van der Waals surface area contributed by atoms with Crippen LogP contribution in [0, 0.1) is 0 Å². The predicted molar refractivity (Wildman–Crippen MR) is 66.9 cm³/mol. The van der Waals surface area contributed by atoms with E-state index in [1.807, 2.05) is 13.8 Å². The van der Waals surface area contributed by atoms with Crippen molar-refractivity contribution in [2.45, 2.75) is 58.0 Å². The van der Waals surface area contributed by atoms with Crippen LogP contribution in [0.2, 0.25) is 0 Å². The average molecular weight is 248 g/mol. The van der Waals surface area contributed by atoms with Gasteiger partial charge in [-0.15, -0.1) is 0 Å². The molecule has 0 amide bonds. The molecule has 0 spiro atoms. The van der Waals surface area contributed by atoms with Crippen molar-refractivity contribution >= 4 is 10.0 Å². The summed E-state index contributed by atoms with van der Waals surface area (Å²) in [4.78, 5) is 0. The molecule has 96 valence electrons. The molecule has 5 heteroatoms. The first-order chi connectivity index (χ1) is 7.35. The maximum Gasteiger partial charge on any atom is 0.213 e. The van der Waals surface area contributed by atoms with E-state index in [1.54, 1.807) is 0 Å². The summed E-state index contributed by atoms with van der Waals surface area (Å²) < 4.78 is 26.3. The lowest BCUT2D eigenvalue weighted by Gasteiger charge is -2.25. The molecule has 0 heterocycles. The van der Waals surface area contributed by atoms with Gasteiger partial charge in [0.05, 0.1) is 5.75 Å². The molecule has 1 fully saturated rings. The highest BCUT2D eigenvalue weighted by Crippen LogP contribution is 2.18. The van der Waals surface area contributed by atoms with Gasteiger partial charge in [-0.25, -0.2) is 13.1 Å². The molecule has 1 saturated carbocycles. The van der Waals surface area contributed by atoms with Gasteiger partial charge in [-0.1, -0.05) is 13.3 Å². The van der Waals surface area contributed by atoms with Crippen LogP contribution in [0.25, 0.3) is 0 Å². The van der Waals surface area contributed by atoms with E-state index in [9.17, 15) is 8.42 Å². The Morgan fingerprint density at radius 1 is 1.31 bits per heavy atom. The van der Waals surface area contributed by atoms with E-state index < -0.39 is 10.0 Å². The molecular weight excluding hydrogens is 224 g/mol. The maximum atomic E-state index is 11.8. The minimum atomic E-state index is -3.14. The van der Waals surface area contributed by atoms with E-state index in [-0.39, 0.29) is 11.3 Å². The van der Waals surface area contributed by atoms with Crippen LogP contribution < -0.4 is 10.0 Å². The predicted octanol–water partition coefficient (Wildman–Crippen LogP) is 1.24. The highest BCUT2D eigenvalue weighted by Gasteiger charge is 2.25. The summed E-state index contributed by atoms with van der Waals surface area (Å²) in [5.41, 5.74) is -0.326. The van der Waals surface area contributed by atoms with Gasteiger partial charge in [-0.3, -0.25) is 0 Å². The summed E-state index contributed by atoms with van der Waals surface area (Å²) >= 11 is 0. The molecule has 0 saturated heterocycles. The van der Waals surface area contributed by atoms with Gasteiger partial charge in [0, 0.05) is 18.1 Å². The lowest BCUT2D eigenvalue weighted by Crippen LogP contribution is -2.45. The second kappa shape index (κ2) is 5.47. The van der Waals surface area contributed by atoms with Crippen molar-refractivity contribution in [1.82, 2.24) is 10.0 Å². The molecule has 0 aromatic rings. The molecule has 0 atom stereocenters. The Kier molecular flexibility index (Phi) is 4.76. The highest BCUT2D eigenvalue weighted by atomic mass is 32.2. The smallest absolute Gasteiger partial charge is 0.213 e. The monoisotopic (exact) mass is 248 g/mol. The average Bonchev–Trinajstić information content (AvgIpc) is 2.84. The van der Waals surface area contributed by atoms with Crippen molar-refractivity contribution in [3.63, 3.8) is 0 Å². The van der Waals surface area contributed by atoms with Crippen LogP contribution >= 0.6 is 0 Å². The SMILES string of the molecule is CCCC(C)(C)NS(=O)(=O)CCNC1CC1. The third kappa shape index (κ3) is 5.82. The number of hydrogen-bond donors (Lipinski definition) is 2. The van der Waals surface area contributed by atoms with E-state index in [1.165, 1.54) is 12.8 Å². The summed E-state index contributed by atoms with van der Waals surface area (Å²) in [6.07, 6.45) is 4.22. The number of rotatable bonds is 8. The van der Waals surface area contributed by atoms with E-state index in [4.69, 9.17) is 0 Å². The fourth-order valence-electron chi connectivity index (χ4n) is 1.83. The van der Waals surface area contributed by atoms with Gasteiger partial charge in [0.2, 0.25) is 10.0 Å². The Balaban J connectivity index is 2.31. The molecule has 0 aliphatic heterocycles. The second-order valence-electron chi connectivity index (χ2n) is 5.28. The molecule has 2 N–H and O–H groups in total. The van der Waals surface area contributed by atoms with Crippen LogP contribution in [0.1, 0.15) is 46.5 Å². The first kappa shape index (κ1) is 13.9. The fourth-order valence-corrected chi connectivity index (χ4v) is 3.27. The molecule has 0 aromatic heterocycles. The van der Waals surface area contributed by atoms with E-state index in [2.05, 4.69) is 17.0 Å². The Morgan fingerprint density at radius 3 is 2.44 bits per heavy atom. The standard InChI is InChI=1S/C11H24N2O2S/c1-4-7-11(2,3)13-16(14,15)9-8-12-10-5-6-10/h10,12-13H,4-9H2,1-3H3. The molecule has 0 radical (unpaired) electrons. The number of hydrogen-bond acceptors (Lipinski definition) is 3. The Hall–Kier alpha value is -0.130. The topological polar surface area (TPSA) is 58.2 Å². The van der Waals surface area contributed by atoms with Gasteiger partial charge in [-0.05, 0) is 33.1 Å². The lowest BCUT2D eigenvalue weighted by molar-refractivity contribution is 0.417. The van der Waals surface area contributed by atoms with Gasteiger partial charge < -0.3 is 5.32 Å². The van der Waals surface area contributed by atoms with Crippen LogP contribution in [0.4, 0.5) is 0 Å². The first-order valence-corrected chi connectivity index (χ1v) is 7.75. The van der Waals surface area contributed by atoms with Crippen molar-refractivity contribution in [2.75, 3.05) is 12.3 Å². The zero-order valence-corrected chi connectivity index (χ0v) is 11.4. The summed E-state index contributed by atoms with van der Waals surface area (Å²) in [6.45, 7) is 6.48. The quantitative estimate of drug-likeness (QED) is 0.679. The van der Waals surface area contributed by atoms with Crippen molar-refractivity contribution < 1.29 is 8.42 Å². The van der Waals surface area contributed by atoms with Crippen molar-refractivity contribution in [2.24, 2.45) is 0 Å². The van der Waals surface area contributed by atoms with Gasteiger partial charge in [0.15, 0.2) is 0 Å². The molecule has 0 unspecified atom stereocenters. The second-order valence-corrected chi connectivity index (χ2v) is 7.13. The molecule has 0 aromatic carbocycles. The van der Waals surface area contributed by atoms with E-state index >= 15 is 0 Å². The molecule has 1 rings (SSSR count). The van der Waals surface area contributed by atoms with Crippen molar-refractivity contribution in [3.8, 4) is 0 Å². The minimum absolute atomic E-state index is 0.177. The zero-order chi connectivity index (χ0) is 12.2. The molecule has 1 aliphatic rings. The summed E-state index contributed by atoms with van der Waals surface area (Å²) in [5.74, 6) is 0.177. The zero-order valence-electron chi connectivity index (χ0n) is 10.5. The normalized spacial score (nSPS) is 17.7. The summed E-state index contributed by atoms with van der Waals surface area (Å²) in [5, 5.41) is 3.21. The Bertz CT molecular complexity index is 308. The first-order valence-electron chi connectivity index (χ1n) is 6.10. The van der Waals surface area contributed by atoms with Crippen LogP contribution in [0.5, 0.6) is 0 Å².